The van der Waals surface area contributed by atoms with Crippen molar-refractivity contribution in [2.24, 2.45) is 0 Å². The minimum atomic E-state index is -0.365. The molecular weight excluding hydrogens is 253 g/mol. The number of hydrogen-bond donors (Lipinski definition) is 1. The van der Waals surface area contributed by atoms with Crippen LogP contribution in [-0.2, 0) is 0 Å². The first-order valence-corrected chi connectivity index (χ1v) is 5.76. The molecule has 90 valence electrons. The summed E-state index contributed by atoms with van der Waals surface area (Å²) in [6.45, 7) is 0. The average Bonchev–Trinajstić information content (AvgIpc) is 2.71. The van der Waals surface area contributed by atoms with Gasteiger partial charge in [0.25, 0.3) is 0 Å². The highest BCUT2D eigenvalue weighted by Gasteiger charge is 2.10. The predicted octanol–water partition coefficient (Wildman–Crippen LogP) is 4.47. The van der Waals surface area contributed by atoms with Gasteiger partial charge < -0.3 is 10.2 Å². The Balaban J connectivity index is 2.19. The molecule has 0 saturated carbocycles. The lowest BCUT2D eigenvalue weighted by atomic mass is 10.1. The third-order valence-electron chi connectivity index (χ3n) is 2.76. The van der Waals surface area contributed by atoms with E-state index in [0.29, 0.717) is 22.0 Å². The molecule has 0 saturated heterocycles. The fourth-order valence-corrected chi connectivity index (χ4v) is 2.09. The van der Waals surface area contributed by atoms with Crippen molar-refractivity contribution in [2.75, 3.05) is 5.73 Å². The third-order valence-corrected chi connectivity index (χ3v) is 2.99. The van der Waals surface area contributed by atoms with Crippen molar-refractivity contribution < 1.29 is 8.81 Å². The van der Waals surface area contributed by atoms with Crippen LogP contribution in [0.1, 0.15) is 0 Å². The van der Waals surface area contributed by atoms with Crippen LogP contribution in [0.25, 0.3) is 22.3 Å². The van der Waals surface area contributed by atoms with E-state index in [1.165, 1.54) is 12.1 Å². The van der Waals surface area contributed by atoms with Crippen LogP contribution in [0.5, 0.6) is 0 Å². The highest BCUT2D eigenvalue weighted by Crippen LogP contribution is 2.32. The molecule has 0 spiro atoms. The molecule has 2 nitrogen and oxygen atoms in total. The Morgan fingerprint density at radius 1 is 1.06 bits per heavy atom. The monoisotopic (exact) mass is 261 g/mol. The lowest BCUT2D eigenvalue weighted by Crippen LogP contribution is -1.89. The van der Waals surface area contributed by atoms with Crippen LogP contribution in [0.4, 0.5) is 10.1 Å². The Bertz CT molecular complexity index is 736. The van der Waals surface area contributed by atoms with Crippen molar-refractivity contribution in [3.05, 3.63) is 53.3 Å². The first-order valence-electron chi connectivity index (χ1n) is 5.38. The second-order valence-corrected chi connectivity index (χ2v) is 4.46. The molecular formula is C14H9ClFNO. The van der Waals surface area contributed by atoms with Gasteiger partial charge in [0.05, 0.1) is 0 Å². The molecule has 2 aromatic carbocycles. The van der Waals surface area contributed by atoms with E-state index in [4.69, 9.17) is 21.8 Å². The molecule has 2 N–H and O–H groups in total. The van der Waals surface area contributed by atoms with Crippen molar-refractivity contribution in [3.63, 3.8) is 0 Å². The summed E-state index contributed by atoms with van der Waals surface area (Å²) in [6, 6.07) is 11.4. The maximum Gasteiger partial charge on any atom is 0.137 e. The molecule has 0 aliphatic heterocycles. The smallest absolute Gasteiger partial charge is 0.137 e. The highest BCUT2D eigenvalue weighted by molar-refractivity contribution is 6.31. The summed E-state index contributed by atoms with van der Waals surface area (Å²) in [5.41, 5.74) is 7.52. The number of halogens is 2. The van der Waals surface area contributed by atoms with Gasteiger partial charge in [0.1, 0.15) is 17.2 Å². The number of nitrogens with two attached hydrogens (primary N) is 1. The summed E-state index contributed by atoms with van der Waals surface area (Å²) < 4.78 is 18.7. The number of nitrogen functional groups attached to an aromatic ring is 1. The van der Waals surface area contributed by atoms with E-state index in [1.807, 2.05) is 12.1 Å². The van der Waals surface area contributed by atoms with E-state index in [2.05, 4.69) is 0 Å². The number of rotatable bonds is 1. The molecule has 18 heavy (non-hydrogen) atoms. The number of fused-ring (bicyclic) bond motifs is 1. The first-order chi connectivity index (χ1) is 8.63. The molecule has 0 aliphatic rings. The molecule has 0 amide bonds. The van der Waals surface area contributed by atoms with E-state index in [9.17, 15) is 4.39 Å². The van der Waals surface area contributed by atoms with Gasteiger partial charge in [-0.2, -0.15) is 0 Å². The van der Waals surface area contributed by atoms with Crippen LogP contribution >= 0.6 is 11.6 Å². The van der Waals surface area contributed by atoms with Gasteiger partial charge in [0.2, 0.25) is 0 Å². The number of anilines is 1. The Labute approximate surface area is 108 Å². The maximum absolute atomic E-state index is 13.0. The highest BCUT2D eigenvalue weighted by atomic mass is 35.5. The number of furan rings is 1. The van der Waals surface area contributed by atoms with Crippen molar-refractivity contribution >= 4 is 28.3 Å². The van der Waals surface area contributed by atoms with E-state index in [1.54, 1.807) is 18.2 Å². The van der Waals surface area contributed by atoms with Crippen LogP contribution in [-0.4, -0.2) is 0 Å². The van der Waals surface area contributed by atoms with Crippen molar-refractivity contribution in [1.29, 1.82) is 0 Å². The molecule has 3 aromatic rings. The molecule has 1 heterocycles. The van der Waals surface area contributed by atoms with Gasteiger partial charge in [-0.3, -0.25) is 0 Å². The van der Waals surface area contributed by atoms with Crippen LogP contribution in [0.3, 0.4) is 0 Å². The summed E-state index contributed by atoms with van der Waals surface area (Å²) in [4.78, 5) is 0. The molecule has 0 aliphatic carbocycles. The summed E-state index contributed by atoms with van der Waals surface area (Å²) in [6.07, 6.45) is 0. The van der Waals surface area contributed by atoms with E-state index < -0.39 is 0 Å². The lowest BCUT2D eigenvalue weighted by molar-refractivity contribution is 0.624. The Morgan fingerprint density at radius 3 is 2.67 bits per heavy atom. The van der Waals surface area contributed by atoms with Gasteiger partial charge in [-0.25, -0.2) is 4.39 Å². The van der Waals surface area contributed by atoms with Gasteiger partial charge in [-0.1, -0.05) is 11.6 Å². The van der Waals surface area contributed by atoms with Gasteiger partial charge in [0.15, 0.2) is 0 Å². The summed E-state index contributed by atoms with van der Waals surface area (Å²) >= 11 is 5.91. The molecule has 0 radical (unpaired) electrons. The minimum absolute atomic E-state index is 0.347. The SMILES string of the molecule is Nc1cc(F)ccc1-c1cc2cc(Cl)ccc2o1. The molecule has 1 aromatic heterocycles. The summed E-state index contributed by atoms with van der Waals surface area (Å²) in [7, 11) is 0. The summed E-state index contributed by atoms with van der Waals surface area (Å²) in [5, 5.41) is 1.53. The van der Waals surface area contributed by atoms with Crippen LogP contribution in [0.2, 0.25) is 5.02 Å². The second kappa shape index (κ2) is 4.03. The topological polar surface area (TPSA) is 39.2 Å². The zero-order valence-electron chi connectivity index (χ0n) is 9.28. The summed E-state index contributed by atoms with van der Waals surface area (Å²) in [5.74, 6) is 0.236. The molecule has 0 bridgehead atoms. The fraction of sp³-hybridized carbons (Fsp3) is 0. The van der Waals surface area contributed by atoms with E-state index in [-0.39, 0.29) is 5.82 Å². The zero-order chi connectivity index (χ0) is 12.7. The Morgan fingerprint density at radius 2 is 1.89 bits per heavy atom. The van der Waals surface area contributed by atoms with Crippen molar-refractivity contribution in [3.8, 4) is 11.3 Å². The third kappa shape index (κ3) is 1.83. The van der Waals surface area contributed by atoms with Crippen LogP contribution < -0.4 is 5.73 Å². The normalized spacial score (nSPS) is 11.0. The van der Waals surface area contributed by atoms with Gasteiger partial charge >= 0.3 is 0 Å². The maximum atomic E-state index is 13.0. The quantitative estimate of drug-likeness (QED) is 0.656. The molecule has 3 rings (SSSR count). The average molecular weight is 262 g/mol. The molecule has 0 fully saturated rings. The molecule has 0 unspecified atom stereocenters. The second-order valence-electron chi connectivity index (χ2n) is 4.02. The van der Waals surface area contributed by atoms with Crippen molar-refractivity contribution in [2.45, 2.75) is 0 Å². The predicted molar refractivity (Wildman–Crippen MR) is 71.0 cm³/mol. The standard InChI is InChI=1S/C14H9ClFNO/c15-9-1-4-13-8(5-9)6-14(18-13)11-3-2-10(16)7-12(11)17/h1-7H,17H2. The van der Waals surface area contributed by atoms with E-state index >= 15 is 0 Å². The van der Waals surface area contributed by atoms with Gasteiger partial charge in [0, 0.05) is 21.7 Å². The zero-order valence-corrected chi connectivity index (χ0v) is 10.0. The Hall–Kier alpha value is -2.00. The Kier molecular flexibility index (Phi) is 2.49. The van der Waals surface area contributed by atoms with Gasteiger partial charge in [-0.15, -0.1) is 0 Å². The van der Waals surface area contributed by atoms with Crippen molar-refractivity contribution in [1.82, 2.24) is 0 Å². The number of benzene rings is 2. The van der Waals surface area contributed by atoms with Crippen LogP contribution in [0, 0.1) is 5.82 Å². The van der Waals surface area contributed by atoms with Gasteiger partial charge in [-0.05, 0) is 42.5 Å². The van der Waals surface area contributed by atoms with Crippen LogP contribution in [0.15, 0.2) is 46.9 Å². The largest absolute Gasteiger partial charge is 0.456 e. The van der Waals surface area contributed by atoms with E-state index in [0.717, 1.165) is 11.0 Å². The molecule has 0 atom stereocenters. The minimum Gasteiger partial charge on any atom is -0.456 e. The first kappa shape index (κ1) is 11.1. The molecule has 4 heteroatoms. The fourth-order valence-electron chi connectivity index (χ4n) is 1.90. The number of hydrogen-bond acceptors (Lipinski definition) is 2. The lowest BCUT2D eigenvalue weighted by Gasteiger charge is -2.01.